The van der Waals surface area contributed by atoms with Crippen LogP contribution in [0.2, 0.25) is 0 Å². The van der Waals surface area contributed by atoms with Crippen LogP contribution in [0.3, 0.4) is 0 Å². The first-order valence-corrected chi connectivity index (χ1v) is 10.4. The van der Waals surface area contributed by atoms with Crippen LogP contribution >= 0.6 is 0 Å². The second-order valence-corrected chi connectivity index (χ2v) is 8.37. The van der Waals surface area contributed by atoms with Gasteiger partial charge in [-0.25, -0.2) is 4.39 Å². The first-order valence-electron chi connectivity index (χ1n) is 10.4. The molecular weight excluding hydrogens is 357 g/mol. The molecule has 3 rings (SSSR count). The van der Waals surface area contributed by atoms with E-state index in [1.807, 2.05) is 0 Å². The summed E-state index contributed by atoms with van der Waals surface area (Å²) in [5, 5.41) is 9.54. The molecule has 1 aromatic carbocycles. The van der Waals surface area contributed by atoms with Gasteiger partial charge in [-0.15, -0.1) is 0 Å². The quantitative estimate of drug-likeness (QED) is 0.682. The van der Waals surface area contributed by atoms with Crippen LogP contribution in [0.1, 0.15) is 49.7 Å². The third-order valence-electron chi connectivity index (χ3n) is 6.71. The highest BCUT2D eigenvalue weighted by Crippen LogP contribution is 2.46. The fourth-order valence-electron chi connectivity index (χ4n) is 5.26. The number of fused-ring (bicyclic) bond motifs is 2. The number of methoxy groups -OCH3 is 1. The van der Waals surface area contributed by atoms with E-state index in [4.69, 9.17) is 4.74 Å². The third kappa shape index (κ3) is 5.00. The first-order chi connectivity index (χ1) is 13.5. The monoisotopic (exact) mass is 389 g/mol. The van der Waals surface area contributed by atoms with Gasteiger partial charge in [0.2, 0.25) is 0 Å². The number of ether oxygens (including phenoxy) is 1. The number of nitrogens with zero attached hydrogens (tertiary/aromatic N) is 1. The highest BCUT2D eigenvalue weighted by atomic mass is 19.1. The minimum absolute atomic E-state index is 0.216. The zero-order valence-corrected chi connectivity index (χ0v) is 16.8. The molecule has 4 unspecified atom stereocenters. The molecule has 154 valence electrons. The summed E-state index contributed by atoms with van der Waals surface area (Å²) in [7, 11) is 1.41. The van der Waals surface area contributed by atoms with Crippen molar-refractivity contribution in [2.45, 2.75) is 51.1 Å². The molecule has 5 heteroatoms. The predicted octanol–water partition coefficient (Wildman–Crippen LogP) is 4.02. The van der Waals surface area contributed by atoms with Crippen molar-refractivity contribution in [2.75, 3.05) is 20.3 Å². The summed E-state index contributed by atoms with van der Waals surface area (Å²) < 4.78 is 18.6. The number of hydrogen-bond donors (Lipinski definition) is 1. The lowest BCUT2D eigenvalue weighted by atomic mass is 9.84. The van der Waals surface area contributed by atoms with Gasteiger partial charge in [0.1, 0.15) is 5.82 Å². The molecule has 1 aromatic rings. The third-order valence-corrected chi connectivity index (χ3v) is 6.71. The molecule has 2 fully saturated rings. The summed E-state index contributed by atoms with van der Waals surface area (Å²) in [6.07, 6.45) is 8.29. The van der Waals surface area contributed by atoms with E-state index in [9.17, 15) is 14.3 Å². The number of rotatable bonds is 8. The Bertz CT molecular complexity index is 692. The number of aliphatic hydroxyl groups is 1. The van der Waals surface area contributed by atoms with Gasteiger partial charge in [0.05, 0.1) is 13.7 Å². The zero-order valence-electron chi connectivity index (χ0n) is 16.8. The van der Waals surface area contributed by atoms with Gasteiger partial charge in [-0.2, -0.15) is 0 Å². The van der Waals surface area contributed by atoms with Crippen LogP contribution in [0, 0.1) is 23.6 Å². The SMILES string of the molecule is C=Cc1cc(F)ccc1CN(CC(=O)OC)C1CC2CCC(C2)C(CCO)C1. The van der Waals surface area contributed by atoms with Crippen molar-refractivity contribution in [1.82, 2.24) is 4.90 Å². The number of hydrogen-bond acceptors (Lipinski definition) is 4. The molecule has 0 spiro atoms. The van der Waals surface area contributed by atoms with Crippen molar-refractivity contribution in [3.05, 3.63) is 41.7 Å². The maximum absolute atomic E-state index is 13.6. The smallest absolute Gasteiger partial charge is 0.319 e. The summed E-state index contributed by atoms with van der Waals surface area (Å²) in [5.74, 6) is 1.33. The lowest BCUT2D eigenvalue weighted by Crippen LogP contribution is -2.41. The van der Waals surface area contributed by atoms with Crippen molar-refractivity contribution in [2.24, 2.45) is 17.8 Å². The lowest BCUT2D eigenvalue weighted by Gasteiger charge is -2.35. The summed E-state index contributed by atoms with van der Waals surface area (Å²) in [6.45, 7) is 4.80. The Kier molecular flexibility index (Phi) is 7.24. The topological polar surface area (TPSA) is 49.8 Å². The Morgan fingerprint density at radius 2 is 2.18 bits per heavy atom. The van der Waals surface area contributed by atoms with E-state index in [0.29, 0.717) is 24.3 Å². The molecular formula is C23H32FNO3. The van der Waals surface area contributed by atoms with Crippen molar-refractivity contribution in [1.29, 1.82) is 0 Å². The van der Waals surface area contributed by atoms with Crippen LogP contribution in [0.5, 0.6) is 0 Å². The van der Waals surface area contributed by atoms with Gasteiger partial charge in [0.15, 0.2) is 0 Å². The molecule has 0 heterocycles. The molecule has 2 aliphatic carbocycles. The molecule has 28 heavy (non-hydrogen) atoms. The van der Waals surface area contributed by atoms with E-state index in [2.05, 4.69) is 11.5 Å². The van der Waals surface area contributed by atoms with Crippen LogP contribution in [0.25, 0.3) is 6.08 Å². The van der Waals surface area contributed by atoms with E-state index in [0.717, 1.165) is 30.4 Å². The minimum atomic E-state index is -0.284. The Hall–Kier alpha value is -1.72. The van der Waals surface area contributed by atoms with Crippen molar-refractivity contribution >= 4 is 12.0 Å². The van der Waals surface area contributed by atoms with Gasteiger partial charge in [-0.1, -0.05) is 25.1 Å². The predicted molar refractivity (Wildman–Crippen MR) is 108 cm³/mol. The zero-order chi connectivity index (χ0) is 20.1. The summed E-state index contributed by atoms with van der Waals surface area (Å²) in [4.78, 5) is 14.3. The van der Waals surface area contributed by atoms with Gasteiger partial charge in [0.25, 0.3) is 0 Å². The Balaban J connectivity index is 1.84. The lowest BCUT2D eigenvalue weighted by molar-refractivity contribution is -0.143. The average Bonchev–Trinajstić information content (AvgIpc) is 3.07. The highest BCUT2D eigenvalue weighted by Gasteiger charge is 2.39. The minimum Gasteiger partial charge on any atom is -0.468 e. The molecule has 4 atom stereocenters. The van der Waals surface area contributed by atoms with Crippen LogP contribution < -0.4 is 0 Å². The number of carbonyl (C=O) groups is 1. The molecule has 4 nitrogen and oxygen atoms in total. The molecule has 0 saturated heterocycles. The number of benzene rings is 1. The molecule has 1 N–H and O–H groups in total. The van der Waals surface area contributed by atoms with Crippen LogP contribution in [-0.4, -0.2) is 42.3 Å². The fraction of sp³-hybridized carbons (Fsp3) is 0.609. The van der Waals surface area contributed by atoms with Crippen molar-refractivity contribution in [3.63, 3.8) is 0 Å². The van der Waals surface area contributed by atoms with Gasteiger partial charge >= 0.3 is 5.97 Å². The number of halogens is 1. The average molecular weight is 390 g/mol. The normalized spacial score (nSPS) is 26.9. The second-order valence-electron chi connectivity index (χ2n) is 8.37. The molecule has 2 bridgehead atoms. The molecule has 2 saturated carbocycles. The summed E-state index contributed by atoms with van der Waals surface area (Å²) >= 11 is 0. The molecule has 0 radical (unpaired) electrons. The van der Waals surface area contributed by atoms with E-state index in [1.165, 1.54) is 38.5 Å². The Morgan fingerprint density at radius 1 is 1.36 bits per heavy atom. The van der Waals surface area contributed by atoms with Gasteiger partial charge in [-0.05, 0) is 73.1 Å². The van der Waals surface area contributed by atoms with Gasteiger partial charge in [0, 0.05) is 19.2 Å². The van der Waals surface area contributed by atoms with Crippen molar-refractivity contribution in [3.8, 4) is 0 Å². The van der Waals surface area contributed by atoms with Crippen LogP contribution in [0.4, 0.5) is 4.39 Å². The maximum atomic E-state index is 13.6. The fourth-order valence-corrected chi connectivity index (χ4v) is 5.26. The number of carbonyl (C=O) groups excluding carboxylic acids is 1. The molecule has 0 aliphatic heterocycles. The summed E-state index contributed by atoms with van der Waals surface area (Å²) in [5.41, 5.74) is 1.73. The van der Waals surface area contributed by atoms with Gasteiger partial charge in [-0.3, -0.25) is 9.69 Å². The Morgan fingerprint density at radius 3 is 2.89 bits per heavy atom. The van der Waals surface area contributed by atoms with Crippen LogP contribution in [-0.2, 0) is 16.1 Å². The standard InChI is InChI=1S/C23H32FNO3/c1-3-17-12-21(24)7-6-20(17)14-25(15-23(27)28-2)22-11-16-4-5-18(10-16)19(13-22)8-9-26/h3,6-7,12,16,18-19,22,26H,1,4-5,8-11,13-15H2,2H3. The highest BCUT2D eigenvalue weighted by molar-refractivity contribution is 5.71. The molecule has 0 aromatic heterocycles. The molecule has 2 aliphatic rings. The summed E-state index contributed by atoms with van der Waals surface area (Å²) in [6, 6.07) is 4.99. The van der Waals surface area contributed by atoms with Crippen molar-refractivity contribution < 1.29 is 19.0 Å². The first kappa shape index (κ1) is 21.0. The van der Waals surface area contributed by atoms with Crippen LogP contribution in [0.15, 0.2) is 24.8 Å². The van der Waals surface area contributed by atoms with E-state index >= 15 is 0 Å². The Labute approximate surface area is 167 Å². The van der Waals surface area contributed by atoms with E-state index in [-0.39, 0.29) is 31.0 Å². The largest absolute Gasteiger partial charge is 0.468 e. The maximum Gasteiger partial charge on any atom is 0.319 e. The number of esters is 1. The van der Waals surface area contributed by atoms with E-state index in [1.54, 1.807) is 12.1 Å². The van der Waals surface area contributed by atoms with E-state index < -0.39 is 0 Å². The number of aliphatic hydroxyl groups excluding tert-OH is 1. The second kappa shape index (κ2) is 9.66. The van der Waals surface area contributed by atoms with Gasteiger partial charge < -0.3 is 9.84 Å². The molecule has 0 amide bonds.